The highest BCUT2D eigenvalue weighted by molar-refractivity contribution is 14.1. The maximum atomic E-state index is 11.8. The van der Waals surface area contributed by atoms with E-state index in [0.717, 1.165) is 3.70 Å². The van der Waals surface area contributed by atoms with Gasteiger partial charge in [-0.1, -0.05) is 5.11 Å². The van der Waals surface area contributed by atoms with E-state index in [4.69, 9.17) is 5.53 Å². The summed E-state index contributed by atoms with van der Waals surface area (Å²) in [6.45, 7) is 0.879. The first-order valence-electron chi connectivity index (χ1n) is 5.01. The van der Waals surface area contributed by atoms with Gasteiger partial charge in [0.25, 0.3) is 0 Å². The van der Waals surface area contributed by atoms with Crippen LogP contribution < -0.4 is 4.90 Å². The fraction of sp³-hybridized carbons (Fsp3) is 0.444. The van der Waals surface area contributed by atoms with Crippen LogP contribution in [0.2, 0.25) is 0 Å². The Morgan fingerprint density at radius 1 is 1.59 bits per heavy atom. The molecule has 8 heteroatoms. The van der Waals surface area contributed by atoms with Crippen LogP contribution in [0.3, 0.4) is 0 Å². The van der Waals surface area contributed by atoms with Crippen LogP contribution in [0.5, 0.6) is 0 Å². The molecule has 7 nitrogen and oxygen atoms in total. The zero-order valence-electron chi connectivity index (χ0n) is 8.82. The quantitative estimate of drug-likeness (QED) is 0.362. The Kier molecular flexibility index (Phi) is 3.75. The lowest BCUT2D eigenvalue weighted by Crippen LogP contribution is -2.26. The molecule has 2 rings (SSSR count). The molecule has 0 saturated carbocycles. The molecule has 0 aromatic carbocycles. The molecule has 1 aliphatic heterocycles. The van der Waals surface area contributed by atoms with Crippen molar-refractivity contribution in [1.29, 1.82) is 0 Å². The van der Waals surface area contributed by atoms with Crippen LogP contribution >= 0.6 is 22.6 Å². The smallest absolute Gasteiger partial charge is 0.228 e. The highest BCUT2D eigenvalue weighted by Crippen LogP contribution is 2.23. The Labute approximate surface area is 111 Å². The number of rotatable bonds is 3. The molecule has 88 valence electrons. The van der Waals surface area contributed by atoms with Gasteiger partial charge in [-0.3, -0.25) is 9.69 Å². The summed E-state index contributed by atoms with van der Waals surface area (Å²) >= 11 is 2.06. The maximum absolute atomic E-state index is 11.8. The highest BCUT2D eigenvalue weighted by atomic mass is 127. The van der Waals surface area contributed by atoms with Crippen LogP contribution in [-0.4, -0.2) is 29.2 Å². The number of carbonyl (C=O) groups excluding carboxylic acids is 1. The monoisotopic (exact) mass is 344 g/mol. The lowest BCUT2D eigenvalue weighted by atomic mass is 10.1. The number of nitrogens with zero attached hydrogens (tertiary/aromatic N) is 6. The number of aromatic nitrogens is 2. The summed E-state index contributed by atoms with van der Waals surface area (Å²) < 4.78 is 0.781. The highest BCUT2D eigenvalue weighted by Gasteiger charge is 2.30. The number of carbonyl (C=O) groups is 1. The minimum Gasteiger partial charge on any atom is -0.295 e. The number of hydrogen-bond acceptors (Lipinski definition) is 4. The Hall–Kier alpha value is -1.41. The van der Waals surface area contributed by atoms with Gasteiger partial charge >= 0.3 is 0 Å². The topological polar surface area (TPSA) is 94.9 Å². The molecule has 17 heavy (non-hydrogen) atoms. The van der Waals surface area contributed by atoms with E-state index < -0.39 is 0 Å². The number of amides is 1. The van der Waals surface area contributed by atoms with Crippen molar-refractivity contribution in [1.82, 2.24) is 10.2 Å². The summed E-state index contributed by atoms with van der Waals surface area (Å²) in [5, 5.41) is 11.4. The third-order valence-corrected chi connectivity index (χ3v) is 3.08. The average molecular weight is 344 g/mol. The molecule has 0 radical (unpaired) electrons. The molecular formula is C9H9IN6O. The van der Waals surface area contributed by atoms with Gasteiger partial charge in [0.05, 0.1) is 0 Å². The van der Waals surface area contributed by atoms with E-state index in [1.807, 2.05) is 0 Å². The summed E-state index contributed by atoms with van der Waals surface area (Å²) in [6.07, 6.45) is 0.396. The molecule has 1 unspecified atom stereocenters. The molecule has 1 saturated heterocycles. The predicted molar refractivity (Wildman–Crippen MR) is 69.2 cm³/mol. The molecule has 1 aromatic heterocycles. The van der Waals surface area contributed by atoms with Gasteiger partial charge in [0.15, 0.2) is 5.82 Å². The van der Waals surface area contributed by atoms with E-state index in [1.54, 1.807) is 17.0 Å². The molecule has 1 amide bonds. The molecule has 1 atom stereocenters. The minimum absolute atomic E-state index is 0.00125. The van der Waals surface area contributed by atoms with Crippen molar-refractivity contribution in [2.24, 2.45) is 11.0 Å². The second-order valence-electron chi connectivity index (χ2n) is 3.70. The van der Waals surface area contributed by atoms with Gasteiger partial charge in [-0.2, -0.15) is 0 Å². The number of azide groups is 1. The Morgan fingerprint density at radius 3 is 3.06 bits per heavy atom. The SMILES string of the molecule is [N-]=[N+]=NCC1CC(=O)N(c2ccc(I)nn2)C1. The maximum Gasteiger partial charge on any atom is 0.228 e. The van der Waals surface area contributed by atoms with Crippen molar-refractivity contribution in [2.75, 3.05) is 18.0 Å². The van der Waals surface area contributed by atoms with Crippen molar-refractivity contribution < 1.29 is 4.79 Å². The number of anilines is 1. The predicted octanol–water partition coefficient (Wildman–Crippen LogP) is 1.74. The van der Waals surface area contributed by atoms with Gasteiger partial charge in [0, 0.05) is 24.4 Å². The number of halogens is 1. The zero-order valence-corrected chi connectivity index (χ0v) is 11.0. The van der Waals surface area contributed by atoms with E-state index in [2.05, 4.69) is 42.8 Å². The minimum atomic E-state index is -0.00125. The molecular weight excluding hydrogens is 335 g/mol. The second kappa shape index (κ2) is 5.28. The fourth-order valence-electron chi connectivity index (χ4n) is 1.73. The van der Waals surface area contributed by atoms with E-state index in [1.165, 1.54) is 0 Å². The van der Waals surface area contributed by atoms with Crippen molar-refractivity contribution in [2.45, 2.75) is 6.42 Å². The van der Waals surface area contributed by atoms with Gasteiger partial charge in [-0.05, 0) is 46.2 Å². The third-order valence-electron chi connectivity index (χ3n) is 2.50. The van der Waals surface area contributed by atoms with Gasteiger partial charge in [0.1, 0.15) is 3.70 Å². The van der Waals surface area contributed by atoms with Crippen LogP contribution in [-0.2, 0) is 4.79 Å². The lowest BCUT2D eigenvalue weighted by Gasteiger charge is -2.14. The van der Waals surface area contributed by atoms with Gasteiger partial charge in [-0.15, -0.1) is 10.2 Å². The molecule has 0 bridgehead atoms. The molecule has 1 aromatic rings. The Bertz CT molecular complexity index is 469. The summed E-state index contributed by atoms with van der Waals surface area (Å²) in [5.41, 5.74) is 8.24. The molecule has 0 spiro atoms. The van der Waals surface area contributed by atoms with Crippen molar-refractivity contribution >= 4 is 34.3 Å². The summed E-state index contributed by atoms with van der Waals surface area (Å²) in [5.74, 6) is 0.622. The Balaban J connectivity index is 2.10. The molecule has 1 fully saturated rings. The molecule has 0 N–H and O–H groups in total. The van der Waals surface area contributed by atoms with Crippen molar-refractivity contribution in [3.63, 3.8) is 0 Å². The first-order valence-corrected chi connectivity index (χ1v) is 6.09. The van der Waals surface area contributed by atoms with Crippen LogP contribution in [0.25, 0.3) is 10.4 Å². The first-order chi connectivity index (χ1) is 8.20. The third kappa shape index (κ3) is 2.83. The summed E-state index contributed by atoms with van der Waals surface area (Å²) in [6, 6.07) is 3.57. The van der Waals surface area contributed by atoms with Crippen LogP contribution in [0.15, 0.2) is 17.2 Å². The van der Waals surface area contributed by atoms with Gasteiger partial charge in [-0.25, -0.2) is 0 Å². The summed E-state index contributed by atoms with van der Waals surface area (Å²) in [4.78, 5) is 16.0. The van der Waals surface area contributed by atoms with Gasteiger partial charge in [0.2, 0.25) is 5.91 Å². The first kappa shape index (κ1) is 12.1. The molecule has 2 heterocycles. The van der Waals surface area contributed by atoms with E-state index >= 15 is 0 Å². The number of hydrogen-bond donors (Lipinski definition) is 0. The van der Waals surface area contributed by atoms with Crippen LogP contribution in [0.4, 0.5) is 5.82 Å². The van der Waals surface area contributed by atoms with E-state index in [-0.39, 0.29) is 11.8 Å². The Morgan fingerprint density at radius 2 is 2.41 bits per heavy atom. The van der Waals surface area contributed by atoms with Crippen LogP contribution in [0, 0.1) is 9.62 Å². The van der Waals surface area contributed by atoms with Gasteiger partial charge < -0.3 is 0 Å². The normalized spacial score (nSPS) is 19.2. The molecule has 1 aliphatic rings. The summed E-state index contributed by atoms with van der Waals surface area (Å²) in [7, 11) is 0. The van der Waals surface area contributed by atoms with E-state index in [0.29, 0.717) is 25.3 Å². The fourth-order valence-corrected chi connectivity index (χ4v) is 2.02. The van der Waals surface area contributed by atoms with Crippen molar-refractivity contribution in [3.8, 4) is 0 Å². The molecule has 0 aliphatic carbocycles. The standard InChI is InChI=1S/C9H9IN6O/c10-7-1-2-8(14-13-7)16-5-6(3-9(16)17)4-12-15-11/h1-2,6H,3-5H2. The average Bonchev–Trinajstić information content (AvgIpc) is 2.69. The lowest BCUT2D eigenvalue weighted by molar-refractivity contribution is -0.117. The van der Waals surface area contributed by atoms with E-state index in [9.17, 15) is 4.79 Å². The zero-order chi connectivity index (χ0) is 12.3. The largest absolute Gasteiger partial charge is 0.295 e. The van der Waals surface area contributed by atoms with Crippen LogP contribution in [0.1, 0.15) is 6.42 Å². The van der Waals surface area contributed by atoms with Crippen molar-refractivity contribution in [3.05, 3.63) is 26.3 Å². The second-order valence-corrected chi connectivity index (χ2v) is 4.81.